The summed E-state index contributed by atoms with van der Waals surface area (Å²) in [6, 6.07) is 12.7. The minimum absolute atomic E-state index is 0.0242. The van der Waals surface area contributed by atoms with Crippen molar-refractivity contribution in [2.24, 2.45) is 5.73 Å². The summed E-state index contributed by atoms with van der Waals surface area (Å²) in [5, 5.41) is 0. The summed E-state index contributed by atoms with van der Waals surface area (Å²) in [5.74, 6) is -0.225. The molecule has 0 aliphatic rings. The lowest BCUT2D eigenvalue weighted by Crippen LogP contribution is -2.18. The van der Waals surface area contributed by atoms with Crippen molar-refractivity contribution in [2.75, 3.05) is 11.4 Å². The van der Waals surface area contributed by atoms with Crippen molar-refractivity contribution in [1.29, 1.82) is 0 Å². The fourth-order valence-corrected chi connectivity index (χ4v) is 2.78. The Balaban J connectivity index is 2.45. The van der Waals surface area contributed by atoms with Gasteiger partial charge in [-0.2, -0.15) is 0 Å². The Morgan fingerprint density at radius 3 is 2.45 bits per heavy atom. The molecule has 2 N–H and O–H groups in total. The average molecular weight is 337 g/mol. The number of hydrogen-bond acceptors (Lipinski definition) is 2. The van der Waals surface area contributed by atoms with E-state index in [0.717, 1.165) is 15.7 Å². The van der Waals surface area contributed by atoms with Gasteiger partial charge in [0, 0.05) is 17.1 Å². The van der Waals surface area contributed by atoms with Crippen LogP contribution in [0.1, 0.15) is 25.5 Å². The van der Waals surface area contributed by atoms with Crippen molar-refractivity contribution in [3.05, 3.63) is 58.3 Å². The van der Waals surface area contributed by atoms with Crippen LogP contribution in [0.15, 0.2) is 46.9 Å². The fraction of sp³-hybridized carbons (Fsp3) is 0.250. The van der Waals surface area contributed by atoms with Crippen molar-refractivity contribution >= 4 is 27.3 Å². The Labute approximate surface area is 127 Å². The van der Waals surface area contributed by atoms with Crippen LogP contribution in [0.25, 0.3) is 0 Å². The van der Waals surface area contributed by atoms with Crippen molar-refractivity contribution in [1.82, 2.24) is 0 Å². The van der Waals surface area contributed by atoms with E-state index in [2.05, 4.69) is 15.9 Å². The van der Waals surface area contributed by atoms with Gasteiger partial charge in [-0.3, -0.25) is 0 Å². The van der Waals surface area contributed by atoms with Crippen LogP contribution < -0.4 is 10.6 Å². The molecule has 0 aliphatic heterocycles. The topological polar surface area (TPSA) is 29.3 Å². The highest BCUT2D eigenvalue weighted by molar-refractivity contribution is 9.10. The normalized spacial score (nSPS) is 12.2. The second kappa shape index (κ2) is 6.37. The molecule has 0 saturated heterocycles. The molecule has 4 heteroatoms. The molecule has 1 atom stereocenters. The van der Waals surface area contributed by atoms with Gasteiger partial charge in [0.25, 0.3) is 0 Å². The lowest BCUT2D eigenvalue weighted by Gasteiger charge is -2.25. The maximum atomic E-state index is 14.0. The summed E-state index contributed by atoms with van der Waals surface area (Å²) in [6.45, 7) is 4.62. The van der Waals surface area contributed by atoms with Crippen LogP contribution in [0.5, 0.6) is 0 Å². The van der Waals surface area contributed by atoms with Crippen LogP contribution in [0.4, 0.5) is 15.8 Å². The summed E-state index contributed by atoms with van der Waals surface area (Å²) in [7, 11) is 0. The smallest absolute Gasteiger partial charge is 0.146 e. The van der Waals surface area contributed by atoms with E-state index in [4.69, 9.17) is 5.73 Å². The highest BCUT2D eigenvalue weighted by Gasteiger charge is 2.15. The first-order valence-corrected chi connectivity index (χ1v) is 7.41. The number of anilines is 2. The van der Waals surface area contributed by atoms with Gasteiger partial charge >= 0.3 is 0 Å². The molecule has 0 aromatic heterocycles. The molecule has 0 spiro atoms. The third-order valence-corrected chi connectivity index (χ3v) is 3.88. The quantitative estimate of drug-likeness (QED) is 0.871. The van der Waals surface area contributed by atoms with Gasteiger partial charge in [-0.15, -0.1) is 0 Å². The van der Waals surface area contributed by atoms with Crippen molar-refractivity contribution in [3.63, 3.8) is 0 Å². The van der Waals surface area contributed by atoms with E-state index >= 15 is 0 Å². The third kappa shape index (κ3) is 3.02. The largest absolute Gasteiger partial charge is 0.338 e. The van der Waals surface area contributed by atoms with Gasteiger partial charge in [-0.25, -0.2) is 4.39 Å². The molecule has 0 bridgehead atoms. The van der Waals surface area contributed by atoms with Crippen LogP contribution >= 0.6 is 15.9 Å². The summed E-state index contributed by atoms with van der Waals surface area (Å²) < 4.78 is 14.9. The van der Waals surface area contributed by atoms with Gasteiger partial charge in [-0.1, -0.05) is 18.2 Å². The van der Waals surface area contributed by atoms with Crippen LogP contribution in [-0.4, -0.2) is 6.54 Å². The molecule has 2 aromatic carbocycles. The number of halogens is 2. The highest BCUT2D eigenvalue weighted by Crippen LogP contribution is 2.34. The van der Waals surface area contributed by atoms with Gasteiger partial charge in [0.1, 0.15) is 5.82 Å². The molecule has 106 valence electrons. The predicted octanol–water partition coefficient (Wildman–Crippen LogP) is 4.77. The summed E-state index contributed by atoms with van der Waals surface area (Å²) in [4.78, 5) is 1.93. The molecule has 2 aromatic rings. The zero-order valence-electron chi connectivity index (χ0n) is 11.6. The van der Waals surface area contributed by atoms with Crippen LogP contribution in [0.3, 0.4) is 0 Å². The Kier molecular flexibility index (Phi) is 4.78. The van der Waals surface area contributed by atoms with E-state index in [1.165, 1.54) is 6.07 Å². The number of benzene rings is 2. The van der Waals surface area contributed by atoms with E-state index < -0.39 is 0 Å². The summed E-state index contributed by atoms with van der Waals surface area (Å²) in [6.07, 6.45) is 0. The van der Waals surface area contributed by atoms with Crippen LogP contribution in [0, 0.1) is 5.82 Å². The van der Waals surface area contributed by atoms with Gasteiger partial charge in [0.2, 0.25) is 0 Å². The molecular formula is C16H18BrFN2. The minimum atomic E-state index is -0.225. The van der Waals surface area contributed by atoms with Gasteiger partial charge < -0.3 is 10.6 Å². The first kappa shape index (κ1) is 15.0. The average Bonchev–Trinajstić information content (AvgIpc) is 2.43. The molecular weight excluding hydrogens is 319 g/mol. The van der Waals surface area contributed by atoms with Gasteiger partial charge in [-0.05, 0) is 59.6 Å². The van der Waals surface area contributed by atoms with E-state index in [0.29, 0.717) is 12.2 Å². The lowest BCUT2D eigenvalue weighted by atomic mass is 10.1. The predicted molar refractivity (Wildman–Crippen MR) is 85.8 cm³/mol. The SMILES string of the molecule is CCN(c1ccccc1F)c1ccc(C(C)N)cc1Br. The molecule has 20 heavy (non-hydrogen) atoms. The van der Waals surface area contributed by atoms with E-state index in [1.807, 2.05) is 43.0 Å². The number of para-hydroxylation sites is 1. The molecule has 1 unspecified atom stereocenters. The number of nitrogens with zero attached hydrogens (tertiary/aromatic N) is 1. The molecule has 0 radical (unpaired) electrons. The van der Waals surface area contributed by atoms with Gasteiger partial charge in [0.05, 0.1) is 11.4 Å². The van der Waals surface area contributed by atoms with Crippen molar-refractivity contribution in [2.45, 2.75) is 19.9 Å². The second-order valence-corrected chi connectivity index (χ2v) is 5.55. The Bertz CT molecular complexity index is 599. The Hall–Kier alpha value is -1.39. The number of rotatable bonds is 4. The molecule has 0 fully saturated rings. The van der Waals surface area contributed by atoms with Crippen molar-refractivity contribution in [3.8, 4) is 0 Å². The van der Waals surface area contributed by atoms with Crippen LogP contribution in [0.2, 0.25) is 0 Å². The zero-order valence-corrected chi connectivity index (χ0v) is 13.2. The monoisotopic (exact) mass is 336 g/mol. The first-order valence-electron chi connectivity index (χ1n) is 6.61. The molecule has 2 rings (SSSR count). The standard InChI is InChI=1S/C16H18BrFN2/c1-3-20(16-7-5-4-6-14(16)18)15-9-8-12(11(2)19)10-13(15)17/h4-11H,3,19H2,1-2H3. The molecule has 0 aliphatic carbocycles. The van der Waals surface area contributed by atoms with E-state index in [1.54, 1.807) is 12.1 Å². The molecule has 2 nitrogen and oxygen atoms in total. The minimum Gasteiger partial charge on any atom is -0.338 e. The van der Waals surface area contributed by atoms with E-state index in [-0.39, 0.29) is 11.9 Å². The van der Waals surface area contributed by atoms with E-state index in [9.17, 15) is 4.39 Å². The number of nitrogens with two attached hydrogens (primary N) is 1. The highest BCUT2D eigenvalue weighted by atomic mass is 79.9. The second-order valence-electron chi connectivity index (χ2n) is 4.70. The van der Waals surface area contributed by atoms with Gasteiger partial charge in [0.15, 0.2) is 0 Å². The Morgan fingerprint density at radius 1 is 1.20 bits per heavy atom. The summed E-state index contributed by atoms with van der Waals surface area (Å²) >= 11 is 3.56. The van der Waals surface area contributed by atoms with Crippen molar-refractivity contribution < 1.29 is 4.39 Å². The lowest BCUT2D eigenvalue weighted by molar-refractivity contribution is 0.625. The maximum Gasteiger partial charge on any atom is 0.146 e. The summed E-state index contributed by atoms with van der Waals surface area (Å²) in [5.41, 5.74) is 8.43. The zero-order chi connectivity index (χ0) is 14.7. The van der Waals surface area contributed by atoms with Crippen LogP contribution in [-0.2, 0) is 0 Å². The fourth-order valence-electron chi connectivity index (χ4n) is 2.17. The molecule has 0 heterocycles. The first-order chi connectivity index (χ1) is 9.54. The molecule has 0 saturated carbocycles. The third-order valence-electron chi connectivity index (χ3n) is 3.25. The Morgan fingerprint density at radius 2 is 1.90 bits per heavy atom. The molecule has 0 amide bonds. The number of hydrogen-bond donors (Lipinski definition) is 1. The maximum absolute atomic E-state index is 14.0.